The molecule has 1 saturated carbocycles. The Morgan fingerprint density at radius 2 is 1.86 bits per heavy atom. The van der Waals surface area contributed by atoms with Crippen molar-refractivity contribution in [3.05, 3.63) is 24.0 Å². The van der Waals surface area contributed by atoms with Crippen molar-refractivity contribution in [2.75, 3.05) is 5.32 Å². The summed E-state index contributed by atoms with van der Waals surface area (Å²) < 4.78 is 26.9. The molecule has 7 nitrogen and oxygen atoms in total. The molecule has 3 aliphatic rings. The zero-order valence-corrected chi connectivity index (χ0v) is 16.4. The third kappa shape index (κ3) is 2.97. The molecule has 1 aromatic rings. The van der Waals surface area contributed by atoms with Crippen LogP contribution in [0, 0.1) is 11.7 Å². The van der Waals surface area contributed by atoms with Gasteiger partial charge in [-0.15, -0.1) is 0 Å². The van der Waals surface area contributed by atoms with Crippen LogP contribution in [0.5, 0.6) is 0 Å². The molecule has 0 spiro atoms. The third-order valence-electron chi connectivity index (χ3n) is 6.42. The number of piperidine rings is 1. The Hall–Kier alpha value is -2.13. The fourth-order valence-electron chi connectivity index (χ4n) is 3.98. The van der Waals surface area contributed by atoms with Crippen LogP contribution in [0.2, 0.25) is 0 Å². The number of amides is 2. The summed E-state index contributed by atoms with van der Waals surface area (Å²) in [5.74, 6) is -0.924. The highest BCUT2D eigenvalue weighted by Crippen LogP contribution is 2.48. The number of nitrogens with zero attached hydrogens (tertiary/aromatic N) is 1. The van der Waals surface area contributed by atoms with Gasteiger partial charge in [0.25, 0.3) is 0 Å². The second kappa shape index (κ2) is 6.19. The zero-order chi connectivity index (χ0) is 20.4. The summed E-state index contributed by atoms with van der Waals surface area (Å²) in [6.45, 7) is 7.51. The fraction of sp³-hybridized carbons (Fsp3) is 0.579. The Morgan fingerprint density at radius 3 is 2.46 bits per heavy atom. The third-order valence-corrected chi connectivity index (χ3v) is 6.42. The molecule has 2 amide bonds. The summed E-state index contributed by atoms with van der Waals surface area (Å²) in [6.07, 6.45) is 0.153. The Morgan fingerprint density at radius 1 is 1.21 bits per heavy atom. The number of benzene rings is 1. The summed E-state index contributed by atoms with van der Waals surface area (Å²) >= 11 is 0. The van der Waals surface area contributed by atoms with Gasteiger partial charge >= 0.3 is 13.2 Å². The smallest absolute Gasteiger partial charge is 0.465 e. The van der Waals surface area contributed by atoms with Gasteiger partial charge in [0.2, 0.25) is 5.91 Å². The normalized spacial score (nSPS) is 29.5. The molecule has 2 N–H and O–H groups in total. The van der Waals surface area contributed by atoms with Crippen molar-refractivity contribution in [2.24, 2.45) is 5.92 Å². The largest absolute Gasteiger partial charge is 0.497 e. The number of likely N-dealkylation sites (tertiary alicyclic amines) is 1. The predicted octanol–water partition coefficient (Wildman–Crippen LogP) is 2.20. The number of hydrogen-bond acceptors (Lipinski definition) is 4. The van der Waals surface area contributed by atoms with Gasteiger partial charge in [0.15, 0.2) is 0 Å². The van der Waals surface area contributed by atoms with Gasteiger partial charge in [0.05, 0.1) is 16.9 Å². The van der Waals surface area contributed by atoms with Crippen LogP contribution in [0.25, 0.3) is 0 Å². The first-order valence-corrected chi connectivity index (χ1v) is 9.48. The van der Waals surface area contributed by atoms with Crippen molar-refractivity contribution in [1.29, 1.82) is 0 Å². The van der Waals surface area contributed by atoms with E-state index in [1.165, 1.54) is 11.0 Å². The van der Waals surface area contributed by atoms with Crippen LogP contribution in [0.15, 0.2) is 18.2 Å². The van der Waals surface area contributed by atoms with Crippen molar-refractivity contribution in [3.63, 3.8) is 0 Å². The van der Waals surface area contributed by atoms with Crippen LogP contribution >= 0.6 is 0 Å². The molecule has 150 valence electrons. The highest BCUT2D eigenvalue weighted by atomic mass is 19.1. The first kappa shape index (κ1) is 19.2. The maximum absolute atomic E-state index is 15.1. The maximum Gasteiger partial charge on any atom is 0.497 e. The van der Waals surface area contributed by atoms with Crippen LogP contribution < -0.4 is 10.8 Å². The van der Waals surface area contributed by atoms with Gasteiger partial charge in [-0.1, -0.05) is 12.1 Å². The lowest BCUT2D eigenvalue weighted by Gasteiger charge is -2.32. The van der Waals surface area contributed by atoms with Gasteiger partial charge in [-0.3, -0.25) is 9.69 Å². The Labute approximate surface area is 163 Å². The van der Waals surface area contributed by atoms with Crippen LogP contribution in [0.3, 0.4) is 0 Å². The number of carboxylic acid groups (broad SMARTS) is 1. The summed E-state index contributed by atoms with van der Waals surface area (Å²) in [5, 5.41) is 11.9. The number of carbonyl (C=O) groups excluding carboxylic acids is 1. The molecule has 2 heterocycles. The number of nitrogens with one attached hydrogen (secondary N) is 1. The summed E-state index contributed by atoms with van der Waals surface area (Å²) in [5.41, 5.74) is -1.05. The highest BCUT2D eigenvalue weighted by molar-refractivity contribution is 6.62. The van der Waals surface area contributed by atoms with E-state index >= 15 is 4.39 Å². The van der Waals surface area contributed by atoms with E-state index in [-0.39, 0.29) is 23.1 Å². The number of halogens is 1. The van der Waals surface area contributed by atoms with Crippen molar-refractivity contribution in [3.8, 4) is 0 Å². The van der Waals surface area contributed by atoms with Crippen molar-refractivity contribution >= 4 is 30.3 Å². The molecule has 0 radical (unpaired) electrons. The molecule has 1 aliphatic carbocycles. The maximum atomic E-state index is 15.1. The van der Waals surface area contributed by atoms with E-state index < -0.39 is 42.2 Å². The molecule has 2 saturated heterocycles. The minimum absolute atomic E-state index is 0.0110. The molecule has 0 bridgehead atoms. The van der Waals surface area contributed by atoms with Crippen LogP contribution in [0.4, 0.5) is 14.9 Å². The minimum Gasteiger partial charge on any atom is -0.465 e. The minimum atomic E-state index is -1.11. The van der Waals surface area contributed by atoms with Crippen molar-refractivity contribution < 1.29 is 28.4 Å². The van der Waals surface area contributed by atoms with Crippen LogP contribution in [-0.4, -0.2) is 52.4 Å². The van der Waals surface area contributed by atoms with E-state index in [1.807, 2.05) is 27.7 Å². The monoisotopic (exact) mass is 390 g/mol. The van der Waals surface area contributed by atoms with Crippen molar-refractivity contribution in [2.45, 2.75) is 63.8 Å². The average molecular weight is 390 g/mol. The molecule has 3 atom stereocenters. The number of anilines is 1. The predicted molar refractivity (Wildman–Crippen MR) is 101 cm³/mol. The van der Waals surface area contributed by atoms with E-state index in [9.17, 15) is 14.7 Å². The van der Waals surface area contributed by atoms with Gasteiger partial charge in [0.1, 0.15) is 11.9 Å². The molecule has 9 heteroatoms. The quantitative estimate of drug-likeness (QED) is 0.773. The summed E-state index contributed by atoms with van der Waals surface area (Å²) in [6, 6.07) is 3.74. The number of fused-ring (bicyclic) bond motifs is 1. The Bertz CT molecular complexity index is 830. The van der Waals surface area contributed by atoms with E-state index in [0.717, 1.165) is 6.42 Å². The van der Waals surface area contributed by atoms with Gasteiger partial charge < -0.3 is 19.7 Å². The molecular weight excluding hydrogens is 366 g/mol. The molecule has 2 aliphatic heterocycles. The molecule has 1 aromatic carbocycles. The SMILES string of the molecule is CC1(C)OB(c2cccc(NC(=O)[C@@H]3C[C@H]4C[C@H]4N3C(=O)O)c2F)OC1(C)C. The number of hydrogen-bond donors (Lipinski definition) is 2. The average Bonchev–Trinajstić information content (AvgIpc) is 3.17. The summed E-state index contributed by atoms with van der Waals surface area (Å²) in [4.78, 5) is 25.3. The Kier molecular flexibility index (Phi) is 4.24. The van der Waals surface area contributed by atoms with Gasteiger partial charge in [0, 0.05) is 11.5 Å². The first-order chi connectivity index (χ1) is 13.0. The van der Waals surface area contributed by atoms with Crippen molar-refractivity contribution in [1.82, 2.24) is 4.90 Å². The molecule has 4 rings (SSSR count). The molecule has 0 unspecified atom stereocenters. The van der Waals surface area contributed by atoms with Gasteiger partial charge in [-0.25, -0.2) is 9.18 Å². The molecule has 28 heavy (non-hydrogen) atoms. The highest BCUT2D eigenvalue weighted by Gasteiger charge is 2.56. The first-order valence-electron chi connectivity index (χ1n) is 9.48. The molecular formula is C19H24BFN2O5. The lowest BCUT2D eigenvalue weighted by molar-refractivity contribution is -0.120. The zero-order valence-electron chi connectivity index (χ0n) is 16.4. The van der Waals surface area contributed by atoms with E-state index in [4.69, 9.17) is 9.31 Å². The molecule has 3 fully saturated rings. The van der Waals surface area contributed by atoms with E-state index in [2.05, 4.69) is 5.32 Å². The second-order valence-corrected chi connectivity index (χ2v) is 8.79. The number of carbonyl (C=O) groups is 2. The summed E-state index contributed by atoms with van der Waals surface area (Å²) in [7, 11) is -0.892. The van der Waals surface area contributed by atoms with E-state index in [0.29, 0.717) is 6.42 Å². The van der Waals surface area contributed by atoms with Gasteiger partial charge in [-0.2, -0.15) is 0 Å². The second-order valence-electron chi connectivity index (χ2n) is 8.79. The topological polar surface area (TPSA) is 88.1 Å². The lowest BCUT2D eigenvalue weighted by Crippen LogP contribution is -2.45. The number of rotatable bonds is 3. The molecule has 0 aromatic heterocycles. The van der Waals surface area contributed by atoms with Gasteiger partial charge in [-0.05, 0) is 52.5 Å². The lowest BCUT2D eigenvalue weighted by atomic mass is 9.78. The van der Waals surface area contributed by atoms with Crippen LogP contribution in [0.1, 0.15) is 40.5 Å². The Balaban J connectivity index is 1.53. The van der Waals surface area contributed by atoms with Crippen LogP contribution in [-0.2, 0) is 14.1 Å². The van der Waals surface area contributed by atoms with E-state index in [1.54, 1.807) is 12.1 Å². The fourth-order valence-corrected chi connectivity index (χ4v) is 3.98. The standard InChI is InChI=1S/C19H24BFN2O5/c1-18(2)19(3,4)28-20(27-18)11-6-5-7-12(15(11)21)22-16(24)14-9-10-8-13(10)23(14)17(25)26/h5-7,10,13-14H,8-9H2,1-4H3,(H,22,24)(H,25,26)/t10-,13-,14+/m1/s1.